The van der Waals surface area contributed by atoms with E-state index in [0.717, 1.165) is 44.2 Å². The van der Waals surface area contributed by atoms with Gasteiger partial charge in [0.1, 0.15) is 0 Å². The van der Waals surface area contributed by atoms with Crippen molar-refractivity contribution in [2.75, 3.05) is 44.2 Å². The van der Waals surface area contributed by atoms with Crippen molar-refractivity contribution < 1.29 is 4.79 Å². The van der Waals surface area contributed by atoms with E-state index in [4.69, 9.17) is 11.6 Å². The lowest BCUT2D eigenvalue weighted by Crippen LogP contribution is -2.56. The Balaban J connectivity index is 1.57. The second-order valence-electron chi connectivity index (χ2n) is 5.98. The first kappa shape index (κ1) is 14.7. The van der Waals surface area contributed by atoms with Crippen LogP contribution in [0.2, 0.25) is 5.02 Å². The Kier molecular flexibility index (Phi) is 4.36. The molecule has 4 nitrogen and oxygen atoms in total. The van der Waals surface area contributed by atoms with E-state index in [-0.39, 0.29) is 5.91 Å². The number of anilines is 1. The van der Waals surface area contributed by atoms with Crippen molar-refractivity contribution in [1.82, 2.24) is 9.80 Å². The van der Waals surface area contributed by atoms with E-state index in [1.165, 1.54) is 5.69 Å². The quantitative estimate of drug-likeness (QED) is 0.855. The highest BCUT2D eigenvalue weighted by Crippen LogP contribution is 2.22. The molecule has 2 saturated heterocycles. The number of piperazine rings is 1. The Labute approximate surface area is 131 Å². The van der Waals surface area contributed by atoms with Crippen molar-refractivity contribution in [2.45, 2.75) is 19.4 Å². The van der Waals surface area contributed by atoms with Crippen LogP contribution in [0.1, 0.15) is 13.3 Å². The third kappa shape index (κ3) is 3.33. The van der Waals surface area contributed by atoms with Gasteiger partial charge in [-0.1, -0.05) is 17.7 Å². The summed E-state index contributed by atoms with van der Waals surface area (Å²) in [4.78, 5) is 18.7. The fourth-order valence-corrected chi connectivity index (χ4v) is 3.16. The SMILES string of the molecule is C[C@H]1CN(c2cccc(Cl)c2)CCN1CC(=O)N1CCC1. The average molecular weight is 308 g/mol. The Morgan fingerprint density at radius 2 is 2.10 bits per heavy atom. The van der Waals surface area contributed by atoms with Crippen LogP contribution in [0.15, 0.2) is 24.3 Å². The van der Waals surface area contributed by atoms with Crippen LogP contribution in [-0.2, 0) is 4.79 Å². The first-order valence-electron chi connectivity index (χ1n) is 7.66. The van der Waals surface area contributed by atoms with Crippen molar-refractivity contribution in [2.24, 2.45) is 0 Å². The fourth-order valence-electron chi connectivity index (χ4n) is 2.98. The zero-order valence-corrected chi connectivity index (χ0v) is 13.2. The summed E-state index contributed by atoms with van der Waals surface area (Å²) >= 11 is 6.07. The summed E-state index contributed by atoms with van der Waals surface area (Å²) in [6, 6.07) is 8.37. The van der Waals surface area contributed by atoms with Crippen molar-refractivity contribution in [3.63, 3.8) is 0 Å². The fraction of sp³-hybridized carbons (Fsp3) is 0.562. The molecule has 0 N–H and O–H groups in total. The zero-order chi connectivity index (χ0) is 14.8. The number of hydrogen-bond donors (Lipinski definition) is 0. The third-order valence-corrected chi connectivity index (χ3v) is 4.72. The van der Waals surface area contributed by atoms with E-state index < -0.39 is 0 Å². The summed E-state index contributed by atoms with van der Waals surface area (Å²) in [6.07, 6.45) is 1.16. The first-order valence-corrected chi connectivity index (χ1v) is 8.03. The maximum absolute atomic E-state index is 12.1. The summed E-state index contributed by atoms with van der Waals surface area (Å²) in [7, 11) is 0. The monoisotopic (exact) mass is 307 g/mol. The minimum absolute atomic E-state index is 0.282. The molecule has 0 radical (unpaired) electrons. The molecule has 1 aromatic rings. The van der Waals surface area contributed by atoms with Gasteiger partial charge in [-0.15, -0.1) is 0 Å². The number of hydrogen-bond acceptors (Lipinski definition) is 3. The average Bonchev–Trinajstić information content (AvgIpc) is 2.39. The maximum Gasteiger partial charge on any atom is 0.236 e. The van der Waals surface area contributed by atoms with Gasteiger partial charge in [0.05, 0.1) is 6.54 Å². The molecule has 1 atom stereocenters. The molecule has 2 aliphatic heterocycles. The molecule has 0 aliphatic carbocycles. The molecular weight excluding hydrogens is 286 g/mol. The molecule has 0 unspecified atom stereocenters. The standard InChI is InChI=1S/C16H22ClN3O/c1-13-11-20(15-5-2-4-14(17)10-15)9-8-19(13)12-16(21)18-6-3-7-18/h2,4-5,10,13H,3,6-9,11-12H2,1H3/t13-/m0/s1. The second kappa shape index (κ2) is 6.24. The van der Waals surface area contributed by atoms with E-state index in [2.05, 4.69) is 22.8 Å². The van der Waals surface area contributed by atoms with Gasteiger partial charge in [-0.05, 0) is 31.5 Å². The summed E-state index contributed by atoms with van der Waals surface area (Å²) in [6.45, 7) is 7.44. The Bertz CT molecular complexity index is 518. The van der Waals surface area contributed by atoms with E-state index in [1.807, 2.05) is 23.1 Å². The molecule has 21 heavy (non-hydrogen) atoms. The van der Waals surface area contributed by atoms with E-state index in [9.17, 15) is 4.79 Å². The van der Waals surface area contributed by atoms with Gasteiger partial charge < -0.3 is 9.80 Å². The molecule has 2 heterocycles. The largest absolute Gasteiger partial charge is 0.369 e. The number of carbonyl (C=O) groups is 1. The van der Waals surface area contributed by atoms with Gasteiger partial charge >= 0.3 is 0 Å². The molecular formula is C16H22ClN3O. The van der Waals surface area contributed by atoms with Crippen LogP contribution >= 0.6 is 11.6 Å². The van der Waals surface area contributed by atoms with E-state index in [0.29, 0.717) is 12.6 Å². The molecule has 114 valence electrons. The number of rotatable bonds is 3. The van der Waals surface area contributed by atoms with Gasteiger partial charge in [0.25, 0.3) is 0 Å². The highest BCUT2D eigenvalue weighted by Gasteiger charge is 2.28. The molecule has 5 heteroatoms. The Morgan fingerprint density at radius 1 is 1.29 bits per heavy atom. The van der Waals surface area contributed by atoms with Gasteiger partial charge in [0.2, 0.25) is 5.91 Å². The molecule has 0 aromatic heterocycles. The molecule has 0 spiro atoms. The van der Waals surface area contributed by atoms with Crippen LogP contribution < -0.4 is 4.90 Å². The van der Waals surface area contributed by atoms with Crippen LogP contribution in [0.5, 0.6) is 0 Å². The van der Waals surface area contributed by atoms with Crippen LogP contribution in [0.3, 0.4) is 0 Å². The lowest BCUT2D eigenvalue weighted by Gasteiger charge is -2.42. The molecule has 0 saturated carbocycles. The molecule has 1 amide bonds. The van der Waals surface area contributed by atoms with Gasteiger partial charge in [-0.2, -0.15) is 0 Å². The molecule has 2 fully saturated rings. The Hall–Kier alpha value is -1.26. The summed E-state index contributed by atoms with van der Waals surface area (Å²) in [5.41, 5.74) is 1.17. The van der Waals surface area contributed by atoms with Gasteiger partial charge in [-0.25, -0.2) is 0 Å². The van der Waals surface area contributed by atoms with Crippen molar-refractivity contribution >= 4 is 23.2 Å². The third-order valence-electron chi connectivity index (χ3n) is 4.49. The first-order chi connectivity index (χ1) is 10.1. The second-order valence-corrected chi connectivity index (χ2v) is 6.42. The van der Waals surface area contributed by atoms with Crippen LogP contribution in [0.25, 0.3) is 0 Å². The molecule has 3 rings (SSSR count). The minimum atomic E-state index is 0.282. The summed E-state index contributed by atoms with van der Waals surface area (Å²) in [5.74, 6) is 0.282. The minimum Gasteiger partial charge on any atom is -0.369 e. The van der Waals surface area contributed by atoms with Gasteiger partial charge in [-0.3, -0.25) is 9.69 Å². The number of likely N-dealkylation sites (tertiary alicyclic amines) is 1. The molecule has 1 aromatic carbocycles. The normalized spacial score (nSPS) is 23.0. The lowest BCUT2D eigenvalue weighted by atomic mass is 10.1. The smallest absolute Gasteiger partial charge is 0.236 e. The van der Waals surface area contributed by atoms with E-state index >= 15 is 0 Å². The van der Waals surface area contributed by atoms with Crippen molar-refractivity contribution in [3.05, 3.63) is 29.3 Å². The van der Waals surface area contributed by atoms with Gasteiger partial charge in [0.15, 0.2) is 0 Å². The number of carbonyl (C=O) groups excluding carboxylic acids is 1. The summed E-state index contributed by atoms with van der Waals surface area (Å²) < 4.78 is 0. The van der Waals surface area contributed by atoms with Gasteiger partial charge in [0, 0.05) is 49.5 Å². The molecule has 0 bridgehead atoms. The summed E-state index contributed by atoms with van der Waals surface area (Å²) in [5, 5.41) is 0.774. The topological polar surface area (TPSA) is 26.8 Å². The predicted molar refractivity (Wildman–Crippen MR) is 85.9 cm³/mol. The zero-order valence-electron chi connectivity index (χ0n) is 12.5. The number of nitrogens with zero attached hydrogens (tertiary/aromatic N) is 3. The van der Waals surface area contributed by atoms with Crippen molar-refractivity contribution in [3.8, 4) is 0 Å². The predicted octanol–water partition coefficient (Wildman–Crippen LogP) is 2.08. The van der Waals surface area contributed by atoms with E-state index in [1.54, 1.807) is 0 Å². The van der Waals surface area contributed by atoms with Crippen molar-refractivity contribution in [1.29, 1.82) is 0 Å². The number of halogens is 1. The highest BCUT2D eigenvalue weighted by molar-refractivity contribution is 6.30. The van der Waals surface area contributed by atoms with Crippen LogP contribution in [-0.4, -0.2) is 61.0 Å². The maximum atomic E-state index is 12.1. The van der Waals surface area contributed by atoms with Crippen LogP contribution in [0.4, 0.5) is 5.69 Å². The molecule has 2 aliphatic rings. The lowest BCUT2D eigenvalue weighted by molar-refractivity contribution is -0.136. The number of amides is 1. The van der Waals surface area contributed by atoms with Crippen LogP contribution in [0, 0.1) is 0 Å². The Morgan fingerprint density at radius 3 is 2.71 bits per heavy atom. The highest BCUT2D eigenvalue weighted by atomic mass is 35.5. The number of benzene rings is 1.